The summed E-state index contributed by atoms with van der Waals surface area (Å²) in [5, 5.41) is 0. The van der Waals surface area contributed by atoms with Crippen LogP contribution in [-0.4, -0.2) is 35.3 Å². The standard InChI is InChI=1S/C21H20BrNO4/c1-14(24)19(12-16-7-9-17(22)10-8-16)20(25)23-18(13-27-21(23)26)11-15-5-3-2-4-6-15/h2-10,18-19H,11-13H2,1H3/t18-,19-/m0/s1. The molecule has 1 heterocycles. The van der Waals surface area contributed by atoms with E-state index >= 15 is 0 Å². The molecular weight excluding hydrogens is 410 g/mol. The van der Waals surface area contributed by atoms with E-state index in [9.17, 15) is 14.4 Å². The molecule has 0 aliphatic carbocycles. The molecule has 1 saturated heterocycles. The number of amides is 2. The maximum absolute atomic E-state index is 13.1. The number of nitrogens with zero attached hydrogens (tertiary/aromatic N) is 1. The van der Waals surface area contributed by atoms with Gasteiger partial charge in [0.15, 0.2) is 0 Å². The van der Waals surface area contributed by atoms with Crippen LogP contribution in [0.25, 0.3) is 0 Å². The van der Waals surface area contributed by atoms with Crippen LogP contribution in [0.5, 0.6) is 0 Å². The second-order valence-electron chi connectivity index (χ2n) is 6.62. The van der Waals surface area contributed by atoms with Crippen LogP contribution in [0, 0.1) is 5.92 Å². The molecule has 2 aromatic carbocycles. The molecule has 3 rings (SSSR count). The van der Waals surface area contributed by atoms with Gasteiger partial charge >= 0.3 is 6.09 Å². The predicted molar refractivity (Wildman–Crippen MR) is 104 cm³/mol. The highest BCUT2D eigenvalue weighted by Gasteiger charge is 2.42. The number of carbonyl (C=O) groups excluding carboxylic acids is 3. The summed E-state index contributed by atoms with van der Waals surface area (Å²) in [7, 11) is 0. The fourth-order valence-corrected chi connectivity index (χ4v) is 3.46. The highest BCUT2D eigenvalue weighted by Crippen LogP contribution is 2.23. The van der Waals surface area contributed by atoms with Crippen LogP contribution in [-0.2, 0) is 27.2 Å². The molecule has 140 valence electrons. The molecule has 1 fully saturated rings. The number of halogens is 1. The lowest BCUT2D eigenvalue weighted by Gasteiger charge is -2.24. The summed E-state index contributed by atoms with van der Waals surface area (Å²) in [6, 6.07) is 16.6. The van der Waals surface area contributed by atoms with E-state index in [0.29, 0.717) is 6.42 Å². The first kappa shape index (κ1) is 19.3. The molecule has 0 bridgehead atoms. The molecule has 0 N–H and O–H groups in total. The van der Waals surface area contributed by atoms with Crippen LogP contribution in [0.1, 0.15) is 18.1 Å². The van der Waals surface area contributed by atoms with Crippen molar-refractivity contribution >= 4 is 33.7 Å². The summed E-state index contributed by atoms with van der Waals surface area (Å²) < 4.78 is 6.04. The molecule has 5 nitrogen and oxygen atoms in total. The van der Waals surface area contributed by atoms with Gasteiger partial charge in [-0.2, -0.15) is 0 Å². The van der Waals surface area contributed by atoms with Crippen LogP contribution >= 0.6 is 15.9 Å². The van der Waals surface area contributed by atoms with Crippen molar-refractivity contribution in [3.05, 3.63) is 70.2 Å². The van der Waals surface area contributed by atoms with Crippen molar-refractivity contribution in [2.75, 3.05) is 6.61 Å². The molecule has 2 amide bonds. The van der Waals surface area contributed by atoms with Crippen molar-refractivity contribution < 1.29 is 19.1 Å². The average Bonchev–Trinajstić information content (AvgIpc) is 3.01. The molecular formula is C21H20BrNO4. The fourth-order valence-electron chi connectivity index (χ4n) is 3.20. The Morgan fingerprint density at radius 2 is 1.78 bits per heavy atom. The third-order valence-corrected chi connectivity index (χ3v) is 5.18. The number of cyclic esters (lactones) is 1. The van der Waals surface area contributed by atoms with Gasteiger partial charge in [0, 0.05) is 4.47 Å². The summed E-state index contributed by atoms with van der Waals surface area (Å²) >= 11 is 3.37. The van der Waals surface area contributed by atoms with Crippen molar-refractivity contribution in [3.63, 3.8) is 0 Å². The molecule has 0 unspecified atom stereocenters. The van der Waals surface area contributed by atoms with E-state index in [4.69, 9.17) is 4.74 Å². The SMILES string of the molecule is CC(=O)[C@H](Cc1ccc(Br)cc1)C(=O)N1C(=O)OC[C@@H]1Cc1ccccc1. The number of benzene rings is 2. The van der Waals surface area contributed by atoms with Crippen molar-refractivity contribution in [1.82, 2.24) is 4.90 Å². The largest absolute Gasteiger partial charge is 0.447 e. The minimum Gasteiger partial charge on any atom is -0.447 e. The van der Waals surface area contributed by atoms with Gasteiger partial charge in [-0.25, -0.2) is 9.69 Å². The van der Waals surface area contributed by atoms with Crippen LogP contribution in [0.2, 0.25) is 0 Å². The molecule has 0 saturated carbocycles. The number of ether oxygens (including phenoxy) is 1. The number of ketones is 1. The Morgan fingerprint density at radius 1 is 1.11 bits per heavy atom. The zero-order chi connectivity index (χ0) is 19.4. The van der Waals surface area contributed by atoms with Gasteiger partial charge in [-0.3, -0.25) is 9.59 Å². The molecule has 0 spiro atoms. The topological polar surface area (TPSA) is 63.7 Å². The monoisotopic (exact) mass is 429 g/mol. The lowest BCUT2D eigenvalue weighted by molar-refractivity contribution is -0.138. The lowest BCUT2D eigenvalue weighted by Crippen LogP contribution is -2.45. The summed E-state index contributed by atoms with van der Waals surface area (Å²) in [5.41, 5.74) is 1.87. The Kier molecular flexibility index (Phi) is 6.06. The average molecular weight is 430 g/mol. The van der Waals surface area contributed by atoms with Crippen LogP contribution in [0.3, 0.4) is 0 Å². The quantitative estimate of drug-likeness (QED) is 0.655. The minimum absolute atomic E-state index is 0.141. The van der Waals surface area contributed by atoms with Gasteiger partial charge in [0.05, 0.1) is 6.04 Å². The highest BCUT2D eigenvalue weighted by atomic mass is 79.9. The number of hydrogen-bond donors (Lipinski definition) is 0. The normalized spacial score (nSPS) is 17.5. The van der Waals surface area contributed by atoms with Gasteiger partial charge in [0.1, 0.15) is 18.3 Å². The van der Waals surface area contributed by atoms with Crippen molar-refractivity contribution in [3.8, 4) is 0 Å². The second-order valence-corrected chi connectivity index (χ2v) is 7.54. The molecule has 6 heteroatoms. The zero-order valence-electron chi connectivity index (χ0n) is 14.9. The first-order valence-electron chi connectivity index (χ1n) is 8.74. The number of rotatable bonds is 6. The Morgan fingerprint density at radius 3 is 2.41 bits per heavy atom. The van der Waals surface area contributed by atoms with Gasteiger partial charge in [-0.1, -0.05) is 58.4 Å². The van der Waals surface area contributed by atoms with Gasteiger partial charge in [0.25, 0.3) is 0 Å². The van der Waals surface area contributed by atoms with Crippen LogP contribution in [0.15, 0.2) is 59.1 Å². The highest BCUT2D eigenvalue weighted by molar-refractivity contribution is 9.10. The second kappa shape index (κ2) is 8.48. The van der Waals surface area contributed by atoms with Crippen molar-refractivity contribution in [1.29, 1.82) is 0 Å². The van der Waals surface area contributed by atoms with E-state index in [1.54, 1.807) is 0 Å². The van der Waals surface area contributed by atoms with E-state index in [2.05, 4.69) is 15.9 Å². The molecule has 1 aliphatic heterocycles. The summed E-state index contributed by atoms with van der Waals surface area (Å²) in [4.78, 5) is 38.6. The van der Waals surface area contributed by atoms with E-state index < -0.39 is 24.0 Å². The van der Waals surface area contributed by atoms with E-state index in [1.165, 1.54) is 6.92 Å². The van der Waals surface area contributed by atoms with Gasteiger partial charge in [0.2, 0.25) is 5.91 Å². The van der Waals surface area contributed by atoms with Crippen LogP contribution < -0.4 is 0 Å². The summed E-state index contributed by atoms with van der Waals surface area (Å²) in [6.07, 6.45) is 0.0767. The third-order valence-electron chi connectivity index (χ3n) is 4.65. The Balaban J connectivity index is 1.79. The first-order chi connectivity index (χ1) is 13.0. The Hall–Kier alpha value is -2.47. The smallest absolute Gasteiger partial charge is 0.417 e. The Bertz CT molecular complexity index is 835. The van der Waals surface area contributed by atoms with E-state index in [0.717, 1.165) is 20.5 Å². The maximum Gasteiger partial charge on any atom is 0.417 e. The minimum atomic E-state index is -0.907. The lowest BCUT2D eigenvalue weighted by atomic mass is 9.93. The van der Waals surface area contributed by atoms with E-state index in [1.807, 2.05) is 54.6 Å². The number of carbonyl (C=O) groups is 3. The van der Waals surface area contributed by atoms with Gasteiger partial charge in [-0.15, -0.1) is 0 Å². The predicted octanol–water partition coefficient (Wildman–Crippen LogP) is 3.79. The Labute approximate surface area is 166 Å². The van der Waals surface area contributed by atoms with Crippen molar-refractivity contribution in [2.24, 2.45) is 5.92 Å². The van der Waals surface area contributed by atoms with Gasteiger partial charge < -0.3 is 4.74 Å². The number of hydrogen-bond acceptors (Lipinski definition) is 4. The maximum atomic E-state index is 13.1. The summed E-state index contributed by atoms with van der Waals surface area (Å²) in [6.45, 7) is 1.53. The molecule has 2 atom stereocenters. The molecule has 1 aliphatic rings. The third kappa shape index (κ3) is 4.63. The summed E-state index contributed by atoms with van der Waals surface area (Å²) in [5.74, 6) is -1.66. The zero-order valence-corrected chi connectivity index (χ0v) is 16.5. The molecule has 0 radical (unpaired) electrons. The van der Waals surface area contributed by atoms with Crippen molar-refractivity contribution in [2.45, 2.75) is 25.8 Å². The molecule has 27 heavy (non-hydrogen) atoms. The molecule has 2 aromatic rings. The number of Topliss-reactive ketones (excluding diaryl/α,β-unsaturated/α-hetero) is 1. The van der Waals surface area contributed by atoms with Crippen LogP contribution in [0.4, 0.5) is 4.79 Å². The van der Waals surface area contributed by atoms with Gasteiger partial charge in [-0.05, 0) is 43.0 Å². The number of imide groups is 1. The fraction of sp³-hybridized carbons (Fsp3) is 0.286. The molecule has 0 aromatic heterocycles. The first-order valence-corrected chi connectivity index (χ1v) is 9.53. The van der Waals surface area contributed by atoms with E-state index in [-0.39, 0.29) is 18.8 Å².